The average molecular weight is 230 g/mol. The first-order valence-electron chi connectivity index (χ1n) is 6.21. The maximum Gasteiger partial charge on any atom is 0.0873 e. The van der Waals surface area contributed by atoms with Crippen molar-refractivity contribution in [1.29, 1.82) is 0 Å². The number of ether oxygens (including phenoxy) is 1. The van der Waals surface area contributed by atoms with Gasteiger partial charge in [-0.1, -0.05) is 49.8 Å². The highest BCUT2D eigenvalue weighted by Gasteiger charge is 2.18. The van der Waals surface area contributed by atoms with E-state index in [1.807, 2.05) is 24.3 Å². The van der Waals surface area contributed by atoms with Gasteiger partial charge in [0.25, 0.3) is 0 Å². The van der Waals surface area contributed by atoms with Gasteiger partial charge in [-0.3, -0.25) is 0 Å². The molecular weight excluding hydrogens is 208 g/mol. The number of allylic oxidation sites excluding steroid dienone is 2. The van der Waals surface area contributed by atoms with Gasteiger partial charge >= 0.3 is 0 Å². The Hall–Kier alpha value is -1.50. The van der Waals surface area contributed by atoms with E-state index in [0.717, 1.165) is 19.4 Å². The van der Waals surface area contributed by atoms with Crippen LogP contribution in [0.15, 0.2) is 55.3 Å². The number of unbranched alkanes of at least 4 members (excludes halogenated alkanes) is 1. The molecule has 1 aromatic carbocycles. The Morgan fingerprint density at radius 1 is 1.29 bits per heavy atom. The zero-order valence-electron chi connectivity index (χ0n) is 10.9. The van der Waals surface area contributed by atoms with Gasteiger partial charge in [-0.15, -0.1) is 6.58 Å². The molecule has 1 unspecified atom stereocenters. The van der Waals surface area contributed by atoms with Crippen molar-refractivity contribution in [3.8, 4) is 0 Å². The van der Waals surface area contributed by atoms with E-state index in [-0.39, 0.29) is 5.41 Å². The lowest BCUT2D eigenvalue weighted by Crippen LogP contribution is -2.15. The van der Waals surface area contributed by atoms with E-state index in [2.05, 4.69) is 38.6 Å². The normalized spacial score (nSPS) is 14.5. The molecule has 1 heteroatoms. The highest BCUT2D eigenvalue weighted by molar-refractivity contribution is 5.34. The minimum absolute atomic E-state index is 0.159. The largest absolute Gasteiger partial charge is 0.501 e. The molecule has 17 heavy (non-hydrogen) atoms. The molecule has 0 aromatic heterocycles. The van der Waals surface area contributed by atoms with E-state index in [9.17, 15) is 0 Å². The number of hydrogen-bond donors (Lipinski definition) is 0. The molecule has 0 spiro atoms. The van der Waals surface area contributed by atoms with Gasteiger partial charge in [0, 0.05) is 5.41 Å². The van der Waals surface area contributed by atoms with Crippen LogP contribution >= 0.6 is 0 Å². The molecule has 0 aliphatic heterocycles. The lowest BCUT2D eigenvalue weighted by Gasteiger charge is -2.21. The minimum Gasteiger partial charge on any atom is -0.501 e. The van der Waals surface area contributed by atoms with Gasteiger partial charge in [0.15, 0.2) is 0 Å². The van der Waals surface area contributed by atoms with Crippen molar-refractivity contribution < 1.29 is 4.74 Å². The van der Waals surface area contributed by atoms with E-state index in [4.69, 9.17) is 4.74 Å². The summed E-state index contributed by atoms with van der Waals surface area (Å²) >= 11 is 0. The first-order chi connectivity index (χ1) is 8.23. The van der Waals surface area contributed by atoms with Crippen LogP contribution in [0, 0.1) is 0 Å². The average Bonchev–Trinajstić information content (AvgIpc) is 2.39. The van der Waals surface area contributed by atoms with Crippen LogP contribution in [0.1, 0.15) is 32.3 Å². The summed E-state index contributed by atoms with van der Waals surface area (Å²) in [6.45, 7) is 9.00. The highest BCUT2D eigenvalue weighted by atomic mass is 16.5. The molecule has 1 rings (SSSR count). The van der Waals surface area contributed by atoms with E-state index >= 15 is 0 Å². The summed E-state index contributed by atoms with van der Waals surface area (Å²) in [6.07, 6.45) is 8.06. The molecule has 1 atom stereocenters. The molecule has 1 nitrogen and oxygen atoms in total. The van der Waals surface area contributed by atoms with Gasteiger partial charge in [-0.2, -0.15) is 0 Å². The van der Waals surface area contributed by atoms with Gasteiger partial charge < -0.3 is 4.74 Å². The summed E-state index contributed by atoms with van der Waals surface area (Å²) in [5.41, 5.74) is 1.07. The Kier molecular flexibility index (Phi) is 5.55. The molecule has 0 aliphatic rings. The van der Waals surface area contributed by atoms with Crippen LogP contribution in [0.3, 0.4) is 0 Å². The third-order valence-electron chi connectivity index (χ3n) is 2.95. The molecule has 0 saturated carbocycles. The molecule has 0 radical (unpaired) electrons. The molecule has 0 fully saturated rings. The third kappa shape index (κ3) is 4.10. The van der Waals surface area contributed by atoms with E-state index in [1.165, 1.54) is 5.56 Å². The fraction of sp³-hybridized carbons (Fsp3) is 0.375. The van der Waals surface area contributed by atoms with Crippen molar-refractivity contribution in [2.45, 2.75) is 32.1 Å². The summed E-state index contributed by atoms with van der Waals surface area (Å²) in [7, 11) is 0. The van der Waals surface area contributed by atoms with Gasteiger partial charge in [0.05, 0.1) is 12.9 Å². The zero-order chi connectivity index (χ0) is 12.6. The predicted octanol–water partition coefficient (Wildman–Crippen LogP) is 4.46. The van der Waals surface area contributed by atoms with Gasteiger partial charge in [-0.05, 0) is 25.0 Å². The quantitative estimate of drug-likeness (QED) is 0.382. The first kappa shape index (κ1) is 13.6. The van der Waals surface area contributed by atoms with Gasteiger partial charge in [-0.25, -0.2) is 0 Å². The Morgan fingerprint density at radius 2 is 2.00 bits per heavy atom. The fourth-order valence-corrected chi connectivity index (χ4v) is 1.56. The van der Waals surface area contributed by atoms with Crippen molar-refractivity contribution in [2.75, 3.05) is 6.61 Å². The van der Waals surface area contributed by atoms with Crippen molar-refractivity contribution >= 4 is 0 Å². The van der Waals surface area contributed by atoms with Crippen LogP contribution in [-0.4, -0.2) is 6.61 Å². The molecule has 0 amide bonds. The van der Waals surface area contributed by atoms with Crippen LogP contribution in [0.4, 0.5) is 0 Å². The van der Waals surface area contributed by atoms with E-state index in [0.29, 0.717) is 0 Å². The van der Waals surface area contributed by atoms with Crippen LogP contribution in [0.25, 0.3) is 0 Å². The first-order valence-corrected chi connectivity index (χ1v) is 6.21. The van der Waals surface area contributed by atoms with Crippen LogP contribution in [-0.2, 0) is 10.2 Å². The summed E-state index contributed by atoms with van der Waals surface area (Å²) in [5.74, 6) is 0. The molecule has 0 N–H and O–H groups in total. The van der Waals surface area contributed by atoms with Crippen LogP contribution in [0.5, 0.6) is 0 Å². The van der Waals surface area contributed by atoms with E-state index in [1.54, 1.807) is 6.26 Å². The second-order valence-corrected chi connectivity index (χ2v) is 4.38. The van der Waals surface area contributed by atoms with Crippen molar-refractivity contribution in [3.05, 3.63) is 60.9 Å². The minimum atomic E-state index is -0.159. The molecule has 0 heterocycles. The molecule has 0 aliphatic carbocycles. The molecule has 92 valence electrons. The fourth-order valence-electron chi connectivity index (χ4n) is 1.56. The Bertz CT molecular complexity index is 353. The van der Waals surface area contributed by atoms with Crippen molar-refractivity contribution in [2.24, 2.45) is 0 Å². The molecule has 1 aromatic rings. The highest BCUT2D eigenvalue weighted by Crippen LogP contribution is 2.26. The second-order valence-electron chi connectivity index (χ2n) is 4.38. The topological polar surface area (TPSA) is 9.23 Å². The third-order valence-corrected chi connectivity index (χ3v) is 2.95. The van der Waals surface area contributed by atoms with Crippen molar-refractivity contribution in [1.82, 2.24) is 0 Å². The number of hydrogen-bond acceptors (Lipinski definition) is 1. The summed E-state index contributed by atoms with van der Waals surface area (Å²) in [4.78, 5) is 0. The lowest BCUT2D eigenvalue weighted by molar-refractivity contribution is 0.241. The zero-order valence-corrected chi connectivity index (χ0v) is 10.9. The maximum absolute atomic E-state index is 5.46. The van der Waals surface area contributed by atoms with Crippen LogP contribution in [0.2, 0.25) is 0 Å². The Morgan fingerprint density at radius 3 is 2.59 bits per heavy atom. The van der Waals surface area contributed by atoms with Gasteiger partial charge in [0.2, 0.25) is 0 Å². The summed E-state index contributed by atoms with van der Waals surface area (Å²) in [5, 5.41) is 0. The number of rotatable bonds is 7. The van der Waals surface area contributed by atoms with Crippen molar-refractivity contribution in [3.63, 3.8) is 0 Å². The van der Waals surface area contributed by atoms with Gasteiger partial charge in [0.1, 0.15) is 0 Å². The van der Waals surface area contributed by atoms with Crippen LogP contribution < -0.4 is 0 Å². The van der Waals surface area contributed by atoms with E-state index < -0.39 is 0 Å². The molecule has 0 bridgehead atoms. The Labute approximate surface area is 105 Å². The monoisotopic (exact) mass is 230 g/mol. The molecular formula is C16H22O. The SMILES string of the molecule is C=CC(C)(/C=C\OCCCC)c1ccccc1. The Balaban J connectivity index is 2.66. The predicted molar refractivity (Wildman–Crippen MR) is 74.0 cm³/mol. The summed E-state index contributed by atoms with van der Waals surface area (Å²) < 4.78 is 5.46. The standard InChI is InChI=1S/C16H22O/c1-4-6-13-17-14-12-16(3,5-2)15-10-8-7-9-11-15/h5,7-12,14H,2,4,6,13H2,1,3H3/b14-12-. The smallest absolute Gasteiger partial charge is 0.0873 e. The molecule has 0 saturated heterocycles. The number of benzene rings is 1. The summed E-state index contributed by atoms with van der Waals surface area (Å²) in [6, 6.07) is 10.3. The maximum atomic E-state index is 5.46. The second kappa shape index (κ2) is 6.95. The lowest BCUT2D eigenvalue weighted by atomic mass is 9.83.